The van der Waals surface area contributed by atoms with Gasteiger partial charge in [0.25, 0.3) is 0 Å². The molecule has 0 aromatic heterocycles. The van der Waals surface area contributed by atoms with Crippen molar-refractivity contribution in [1.82, 2.24) is 0 Å². The van der Waals surface area contributed by atoms with Gasteiger partial charge >= 0.3 is 11.9 Å². The zero-order valence-corrected chi connectivity index (χ0v) is 14.1. The van der Waals surface area contributed by atoms with Crippen molar-refractivity contribution < 1.29 is 29.3 Å². The van der Waals surface area contributed by atoms with Gasteiger partial charge in [-0.25, -0.2) is 4.79 Å². The van der Waals surface area contributed by atoms with E-state index in [-0.39, 0.29) is 24.3 Å². The number of ether oxygens (including phenoxy) is 2. The summed E-state index contributed by atoms with van der Waals surface area (Å²) >= 11 is 0. The monoisotopic (exact) mass is 334 g/mol. The van der Waals surface area contributed by atoms with E-state index < -0.39 is 11.9 Å². The summed E-state index contributed by atoms with van der Waals surface area (Å²) in [7, 11) is 0. The van der Waals surface area contributed by atoms with E-state index in [4.69, 9.17) is 14.6 Å². The zero-order valence-electron chi connectivity index (χ0n) is 14.1. The van der Waals surface area contributed by atoms with Gasteiger partial charge in [0.2, 0.25) is 0 Å². The maximum atomic E-state index is 11.9. The van der Waals surface area contributed by atoms with Crippen LogP contribution in [0, 0.1) is 6.92 Å². The van der Waals surface area contributed by atoms with E-state index in [1.54, 1.807) is 0 Å². The molecule has 0 aliphatic carbocycles. The first-order valence-electron chi connectivity index (χ1n) is 7.91. The number of rotatable bonds is 7. The van der Waals surface area contributed by atoms with Crippen LogP contribution in [0.15, 0.2) is 11.6 Å². The summed E-state index contributed by atoms with van der Waals surface area (Å²) in [6, 6.07) is 0. The maximum absolute atomic E-state index is 11.9. The van der Waals surface area contributed by atoms with E-state index >= 15 is 0 Å². The van der Waals surface area contributed by atoms with Gasteiger partial charge in [0, 0.05) is 17.5 Å². The molecule has 1 aliphatic heterocycles. The Balaban J connectivity index is 2.39. The van der Waals surface area contributed by atoms with E-state index in [1.165, 1.54) is 0 Å². The Kier molecular flexibility index (Phi) is 5.49. The van der Waals surface area contributed by atoms with Gasteiger partial charge in [0.15, 0.2) is 0 Å². The fourth-order valence-electron chi connectivity index (χ4n) is 2.77. The van der Waals surface area contributed by atoms with E-state index in [1.807, 2.05) is 26.8 Å². The first kappa shape index (κ1) is 17.8. The highest BCUT2D eigenvalue weighted by atomic mass is 16.5. The van der Waals surface area contributed by atoms with E-state index in [0.717, 1.165) is 11.1 Å². The average Bonchev–Trinajstić information content (AvgIpc) is 2.92. The lowest BCUT2D eigenvalue weighted by Gasteiger charge is -2.17. The molecule has 2 N–H and O–H groups in total. The van der Waals surface area contributed by atoms with Crippen molar-refractivity contribution in [2.24, 2.45) is 0 Å². The lowest BCUT2D eigenvalue weighted by Crippen LogP contribution is -2.05. The van der Waals surface area contributed by atoms with Crippen LogP contribution in [0.25, 0.3) is 0 Å². The quantitative estimate of drug-likeness (QED) is 0.588. The summed E-state index contributed by atoms with van der Waals surface area (Å²) in [5.74, 6) is -0.920. The van der Waals surface area contributed by atoms with Crippen LogP contribution in [0.3, 0.4) is 0 Å². The molecule has 24 heavy (non-hydrogen) atoms. The number of cyclic esters (lactones) is 1. The Bertz CT molecular complexity index is 702. The van der Waals surface area contributed by atoms with Crippen LogP contribution in [0.4, 0.5) is 0 Å². The SMILES string of the molecule is CCOc1c(C)c2c(c(O)c1C/C=C(\C)CCC(=O)O)C(=O)OC2. The van der Waals surface area contributed by atoms with Crippen LogP contribution in [0.2, 0.25) is 0 Å². The van der Waals surface area contributed by atoms with Crippen LogP contribution >= 0.6 is 0 Å². The second-order valence-corrected chi connectivity index (χ2v) is 5.79. The number of phenols is 1. The van der Waals surface area contributed by atoms with E-state index in [0.29, 0.717) is 36.3 Å². The van der Waals surface area contributed by atoms with Crippen LogP contribution in [0.1, 0.15) is 53.7 Å². The molecule has 1 heterocycles. The molecule has 1 aromatic carbocycles. The molecule has 0 amide bonds. The van der Waals surface area contributed by atoms with Crippen molar-refractivity contribution in [2.45, 2.75) is 46.6 Å². The van der Waals surface area contributed by atoms with Crippen molar-refractivity contribution >= 4 is 11.9 Å². The van der Waals surface area contributed by atoms with Crippen molar-refractivity contribution in [1.29, 1.82) is 0 Å². The molecule has 130 valence electrons. The number of carbonyl (C=O) groups is 2. The minimum Gasteiger partial charge on any atom is -0.507 e. The number of phenolic OH excluding ortho intramolecular Hbond substituents is 1. The van der Waals surface area contributed by atoms with E-state index in [9.17, 15) is 14.7 Å². The Morgan fingerprint density at radius 1 is 1.38 bits per heavy atom. The normalized spacial score (nSPS) is 13.6. The Morgan fingerprint density at radius 3 is 2.71 bits per heavy atom. The molecule has 0 saturated heterocycles. The number of carboxylic acids is 1. The number of benzene rings is 1. The van der Waals surface area contributed by atoms with Gasteiger partial charge in [0.1, 0.15) is 23.7 Å². The fourth-order valence-corrected chi connectivity index (χ4v) is 2.77. The van der Waals surface area contributed by atoms with E-state index in [2.05, 4.69) is 0 Å². The highest BCUT2D eigenvalue weighted by Crippen LogP contribution is 2.42. The molecule has 0 atom stereocenters. The molecule has 6 heteroatoms. The van der Waals surface area contributed by atoms with Crippen LogP contribution in [-0.2, 0) is 22.6 Å². The topological polar surface area (TPSA) is 93.1 Å². The molecule has 0 fully saturated rings. The second-order valence-electron chi connectivity index (χ2n) is 5.79. The van der Waals surface area contributed by atoms with Crippen molar-refractivity contribution in [3.8, 4) is 11.5 Å². The molecule has 0 spiro atoms. The second kappa shape index (κ2) is 7.38. The van der Waals surface area contributed by atoms with Gasteiger partial charge < -0.3 is 19.7 Å². The highest BCUT2D eigenvalue weighted by molar-refractivity contribution is 5.98. The number of aliphatic carboxylic acids is 1. The summed E-state index contributed by atoms with van der Waals surface area (Å²) in [6.07, 6.45) is 2.70. The van der Waals surface area contributed by atoms with Gasteiger partial charge in [-0.05, 0) is 39.2 Å². The summed E-state index contributed by atoms with van der Waals surface area (Å²) in [6.45, 7) is 6.11. The number of carboxylic acid groups (broad SMARTS) is 1. The fraction of sp³-hybridized carbons (Fsp3) is 0.444. The number of esters is 1. The minimum atomic E-state index is -0.850. The first-order chi connectivity index (χ1) is 11.4. The third kappa shape index (κ3) is 3.53. The molecular formula is C18H22O6. The number of carbonyl (C=O) groups excluding carboxylic acids is 1. The maximum Gasteiger partial charge on any atom is 0.342 e. The number of fused-ring (bicyclic) bond motifs is 1. The van der Waals surface area contributed by atoms with Gasteiger partial charge in [-0.15, -0.1) is 0 Å². The molecule has 1 aromatic rings. The van der Waals surface area contributed by atoms with Gasteiger partial charge in [-0.2, -0.15) is 0 Å². The molecular weight excluding hydrogens is 312 g/mol. The minimum absolute atomic E-state index is 0.0577. The molecule has 2 rings (SSSR count). The van der Waals surface area contributed by atoms with Crippen LogP contribution in [0.5, 0.6) is 11.5 Å². The summed E-state index contributed by atoms with van der Waals surface area (Å²) in [4.78, 5) is 22.5. The van der Waals surface area contributed by atoms with Crippen molar-refractivity contribution in [3.05, 3.63) is 33.9 Å². The number of hydrogen-bond acceptors (Lipinski definition) is 5. The highest BCUT2D eigenvalue weighted by Gasteiger charge is 2.31. The first-order valence-corrected chi connectivity index (χ1v) is 7.91. The number of hydrogen-bond donors (Lipinski definition) is 2. The predicted molar refractivity (Wildman–Crippen MR) is 87.5 cm³/mol. The van der Waals surface area contributed by atoms with Crippen molar-refractivity contribution in [3.63, 3.8) is 0 Å². The van der Waals surface area contributed by atoms with Gasteiger partial charge in [-0.1, -0.05) is 11.6 Å². The Morgan fingerprint density at radius 2 is 2.08 bits per heavy atom. The van der Waals surface area contributed by atoms with Crippen LogP contribution < -0.4 is 4.74 Å². The van der Waals surface area contributed by atoms with Gasteiger partial charge in [-0.3, -0.25) is 4.79 Å². The number of aromatic hydroxyl groups is 1. The van der Waals surface area contributed by atoms with Gasteiger partial charge in [0.05, 0.1) is 6.61 Å². The molecule has 0 radical (unpaired) electrons. The number of allylic oxidation sites excluding steroid dienone is 2. The standard InChI is InChI=1S/C18H22O6/c1-4-23-17-11(3)13-9-24-18(22)15(13)16(21)12(17)7-5-10(2)6-8-14(19)20/h5,21H,4,6-9H2,1-3H3,(H,19,20)/b10-5+. The molecule has 0 unspecified atom stereocenters. The molecule has 1 aliphatic rings. The molecule has 0 bridgehead atoms. The third-order valence-corrected chi connectivity index (χ3v) is 4.12. The zero-order chi connectivity index (χ0) is 17.9. The predicted octanol–water partition coefficient (Wildman–Crippen LogP) is 3.12. The average molecular weight is 334 g/mol. The summed E-state index contributed by atoms with van der Waals surface area (Å²) in [5.41, 5.74) is 3.10. The summed E-state index contributed by atoms with van der Waals surface area (Å²) < 4.78 is 10.7. The third-order valence-electron chi connectivity index (χ3n) is 4.12. The molecule has 6 nitrogen and oxygen atoms in total. The lowest BCUT2D eigenvalue weighted by atomic mass is 9.94. The molecule has 0 saturated carbocycles. The lowest BCUT2D eigenvalue weighted by molar-refractivity contribution is -0.136. The largest absolute Gasteiger partial charge is 0.507 e. The Labute approximate surface area is 140 Å². The van der Waals surface area contributed by atoms with Crippen LogP contribution in [-0.4, -0.2) is 28.8 Å². The smallest absolute Gasteiger partial charge is 0.342 e. The summed E-state index contributed by atoms with van der Waals surface area (Å²) in [5, 5.41) is 19.3. The van der Waals surface area contributed by atoms with Crippen molar-refractivity contribution in [2.75, 3.05) is 6.61 Å². The Hall–Kier alpha value is -2.50.